The van der Waals surface area contributed by atoms with E-state index in [2.05, 4.69) is 10.3 Å². The molecule has 1 aliphatic rings. The van der Waals surface area contributed by atoms with Gasteiger partial charge in [0.05, 0.1) is 12.6 Å². The number of amides is 2. The van der Waals surface area contributed by atoms with E-state index in [1.165, 1.54) is 0 Å². The minimum atomic E-state index is -0.375. The first-order valence-corrected chi connectivity index (χ1v) is 7.66. The summed E-state index contributed by atoms with van der Waals surface area (Å²) in [5.74, 6) is 0.0351. The fraction of sp³-hybridized carbons (Fsp3) is 0.562. The molecule has 0 fully saturated rings. The molecule has 1 aliphatic heterocycles. The molecule has 2 rings (SSSR count). The fourth-order valence-corrected chi connectivity index (χ4v) is 2.64. The molecule has 120 valence electrons. The van der Waals surface area contributed by atoms with Crippen molar-refractivity contribution in [2.45, 2.75) is 51.9 Å². The Morgan fingerprint density at radius 2 is 2.32 bits per heavy atom. The van der Waals surface area contributed by atoms with Crippen LogP contribution in [-0.2, 0) is 14.3 Å². The van der Waals surface area contributed by atoms with Crippen LogP contribution in [-0.4, -0.2) is 34.8 Å². The van der Waals surface area contributed by atoms with Gasteiger partial charge in [-0.15, -0.1) is 0 Å². The standard InChI is InChI=1S/C16H23N3O3/c1-4-15(21)18-11(2)6-8-22-16-13-5-7-17-9-14(13)12(3)19(16)10-20/h5,7,9-12,16H,4,6,8H2,1-3H3,(H,18,21). The first kappa shape index (κ1) is 16.4. The van der Waals surface area contributed by atoms with Gasteiger partial charge in [-0.2, -0.15) is 0 Å². The molecule has 0 spiro atoms. The van der Waals surface area contributed by atoms with Crippen molar-refractivity contribution < 1.29 is 14.3 Å². The smallest absolute Gasteiger partial charge is 0.219 e. The maximum atomic E-state index is 11.3. The number of carbonyl (C=O) groups excluding carboxylic acids is 2. The summed E-state index contributed by atoms with van der Waals surface area (Å²) in [6, 6.07) is 1.90. The number of nitrogens with one attached hydrogen (secondary N) is 1. The van der Waals surface area contributed by atoms with Crippen LogP contribution in [0.3, 0.4) is 0 Å². The highest BCUT2D eigenvalue weighted by molar-refractivity contribution is 5.75. The summed E-state index contributed by atoms with van der Waals surface area (Å²) in [6.45, 7) is 6.20. The maximum absolute atomic E-state index is 11.3. The molecule has 1 N–H and O–H groups in total. The van der Waals surface area contributed by atoms with E-state index in [-0.39, 0.29) is 24.2 Å². The van der Waals surface area contributed by atoms with Crippen LogP contribution < -0.4 is 5.32 Å². The molecule has 1 aromatic rings. The molecule has 22 heavy (non-hydrogen) atoms. The Kier molecular flexibility index (Phi) is 5.49. The number of hydrogen-bond acceptors (Lipinski definition) is 4. The molecule has 2 amide bonds. The van der Waals surface area contributed by atoms with Crippen LogP contribution >= 0.6 is 0 Å². The van der Waals surface area contributed by atoms with Gasteiger partial charge in [0.15, 0.2) is 6.23 Å². The van der Waals surface area contributed by atoms with E-state index in [1.807, 2.05) is 26.8 Å². The number of fused-ring (bicyclic) bond motifs is 1. The second-order valence-electron chi connectivity index (χ2n) is 5.57. The number of aromatic nitrogens is 1. The van der Waals surface area contributed by atoms with E-state index < -0.39 is 0 Å². The average Bonchev–Trinajstić information content (AvgIpc) is 2.79. The lowest BCUT2D eigenvalue weighted by Crippen LogP contribution is -2.33. The van der Waals surface area contributed by atoms with E-state index in [1.54, 1.807) is 17.3 Å². The van der Waals surface area contributed by atoms with Crippen LogP contribution in [0.25, 0.3) is 0 Å². The molecule has 0 saturated heterocycles. The summed E-state index contributed by atoms with van der Waals surface area (Å²) < 4.78 is 5.90. The van der Waals surface area contributed by atoms with Gasteiger partial charge >= 0.3 is 0 Å². The Morgan fingerprint density at radius 1 is 1.55 bits per heavy atom. The third-order valence-corrected chi connectivity index (χ3v) is 4.00. The first-order valence-electron chi connectivity index (χ1n) is 7.66. The zero-order valence-corrected chi connectivity index (χ0v) is 13.3. The van der Waals surface area contributed by atoms with Gasteiger partial charge in [0, 0.05) is 36.0 Å². The topological polar surface area (TPSA) is 71.5 Å². The Balaban J connectivity index is 1.94. The lowest BCUT2D eigenvalue weighted by Gasteiger charge is -2.25. The maximum Gasteiger partial charge on any atom is 0.219 e. The normalized spacial score (nSPS) is 21.3. The largest absolute Gasteiger partial charge is 0.354 e. The van der Waals surface area contributed by atoms with E-state index in [0.29, 0.717) is 19.4 Å². The molecule has 0 radical (unpaired) electrons. The van der Waals surface area contributed by atoms with Crippen LogP contribution in [0.2, 0.25) is 0 Å². The quantitative estimate of drug-likeness (QED) is 0.781. The molecule has 3 atom stereocenters. The van der Waals surface area contributed by atoms with Gasteiger partial charge in [-0.05, 0) is 26.3 Å². The van der Waals surface area contributed by atoms with Gasteiger partial charge in [-0.25, -0.2) is 0 Å². The minimum Gasteiger partial charge on any atom is -0.354 e. The number of rotatable bonds is 7. The van der Waals surface area contributed by atoms with Crippen molar-refractivity contribution in [2.75, 3.05) is 6.61 Å². The molecular formula is C16H23N3O3. The summed E-state index contributed by atoms with van der Waals surface area (Å²) >= 11 is 0. The SMILES string of the molecule is CCC(=O)NC(C)CCOC1c2ccncc2C(C)N1C=O. The van der Waals surface area contributed by atoms with Crippen molar-refractivity contribution in [3.8, 4) is 0 Å². The molecule has 0 saturated carbocycles. The van der Waals surface area contributed by atoms with Gasteiger partial charge in [0.25, 0.3) is 0 Å². The predicted octanol–water partition coefficient (Wildman–Crippen LogP) is 1.93. The van der Waals surface area contributed by atoms with Gasteiger partial charge < -0.3 is 15.0 Å². The molecule has 0 aromatic carbocycles. The lowest BCUT2D eigenvalue weighted by atomic mass is 10.1. The highest BCUT2D eigenvalue weighted by atomic mass is 16.5. The zero-order chi connectivity index (χ0) is 16.1. The van der Waals surface area contributed by atoms with Crippen LogP contribution in [0.15, 0.2) is 18.5 Å². The molecule has 6 heteroatoms. The van der Waals surface area contributed by atoms with Crippen molar-refractivity contribution in [3.05, 3.63) is 29.6 Å². The van der Waals surface area contributed by atoms with E-state index in [4.69, 9.17) is 4.74 Å². The Hall–Kier alpha value is -1.95. The van der Waals surface area contributed by atoms with Crippen molar-refractivity contribution in [1.82, 2.24) is 15.2 Å². The van der Waals surface area contributed by atoms with E-state index in [0.717, 1.165) is 17.5 Å². The van der Waals surface area contributed by atoms with Crippen molar-refractivity contribution in [2.24, 2.45) is 0 Å². The second kappa shape index (κ2) is 7.35. The van der Waals surface area contributed by atoms with Crippen molar-refractivity contribution in [1.29, 1.82) is 0 Å². The summed E-state index contributed by atoms with van der Waals surface area (Å²) in [4.78, 5) is 28.4. The van der Waals surface area contributed by atoms with Gasteiger partial charge in [0.1, 0.15) is 0 Å². The van der Waals surface area contributed by atoms with Crippen LogP contribution in [0.4, 0.5) is 0 Å². The lowest BCUT2D eigenvalue weighted by molar-refractivity contribution is -0.135. The predicted molar refractivity (Wildman–Crippen MR) is 81.8 cm³/mol. The first-order chi connectivity index (χ1) is 10.6. The van der Waals surface area contributed by atoms with E-state index >= 15 is 0 Å². The summed E-state index contributed by atoms with van der Waals surface area (Å²) in [5.41, 5.74) is 2.01. The molecule has 0 bridgehead atoms. The molecular weight excluding hydrogens is 282 g/mol. The van der Waals surface area contributed by atoms with Crippen LogP contribution in [0, 0.1) is 0 Å². The van der Waals surface area contributed by atoms with Gasteiger partial charge in [-0.1, -0.05) is 6.92 Å². The fourth-order valence-electron chi connectivity index (χ4n) is 2.64. The number of pyridine rings is 1. The van der Waals surface area contributed by atoms with E-state index in [9.17, 15) is 9.59 Å². The Morgan fingerprint density at radius 3 is 3.00 bits per heavy atom. The molecule has 6 nitrogen and oxygen atoms in total. The van der Waals surface area contributed by atoms with Crippen molar-refractivity contribution in [3.63, 3.8) is 0 Å². The summed E-state index contributed by atoms with van der Waals surface area (Å²) in [6.07, 6.45) is 5.11. The Bertz CT molecular complexity index is 535. The van der Waals surface area contributed by atoms with Gasteiger partial charge in [0.2, 0.25) is 12.3 Å². The van der Waals surface area contributed by atoms with Crippen LogP contribution in [0.5, 0.6) is 0 Å². The highest BCUT2D eigenvalue weighted by Gasteiger charge is 2.35. The number of ether oxygens (including phenoxy) is 1. The minimum absolute atomic E-state index is 0.0351. The molecule has 3 unspecified atom stereocenters. The number of nitrogens with zero attached hydrogens (tertiary/aromatic N) is 2. The molecule has 2 heterocycles. The summed E-state index contributed by atoms with van der Waals surface area (Å²) in [5, 5.41) is 2.90. The second-order valence-corrected chi connectivity index (χ2v) is 5.57. The monoisotopic (exact) mass is 305 g/mol. The zero-order valence-electron chi connectivity index (χ0n) is 13.3. The third kappa shape index (κ3) is 3.44. The van der Waals surface area contributed by atoms with Crippen LogP contribution in [0.1, 0.15) is 57.0 Å². The molecule has 1 aromatic heterocycles. The van der Waals surface area contributed by atoms with Crippen molar-refractivity contribution >= 4 is 12.3 Å². The summed E-state index contributed by atoms with van der Waals surface area (Å²) in [7, 11) is 0. The molecule has 0 aliphatic carbocycles. The Labute approximate surface area is 130 Å². The number of carbonyl (C=O) groups is 2. The average molecular weight is 305 g/mol. The highest BCUT2D eigenvalue weighted by Crippen LogP contribution is 2.40. The van der Waals surface area contributed by atoms with Gasteiger partial charge in [-0.3, -0.25) is 14.6 Å². The third-order valence-electron chi connectivity index (χ3n) is 4.00. The number of hydrogen-bond donors (Lipinski definition) is 1.